The SMILES string of the molecule is Clc1cccc2c1-c1ccccc1N1C2=NC2C=CC=CC21. The number of benzene rings is 2. The summed E-state index contributed by atoms with van der Waals surface area (Å²) in [6.07, 6.45) is 8.58. The Morgan fingerprint density at radius 2 is 1.73 bits per heavy atom. The molecule has 2 aromatic carbocycles. The molecule has 3 aliphatic rings. The number of rotatable bonds is 0. The van der Waals surface area contributed by atoms with Gasteiger partial charge >= 0.3 is 0 Å². The summed E-state index contributed by atoms with van der Waals surface area (Å²) in [7, 11) is 0. The Hall–Kier alpha value is -2.32. The van der Waals surface area contributed by atoms with Crippen LogP contribution in [0.5, 0.6) is 0 Å². The molecular weight excluding hydrogens is 292 g/mol. The van der Waals surface area contributed by atoms with E-state index in [1.54, 1.807) is 0 Å². The third-order valence-corrected chi connectivity index (χ3v) is 4.88. The van der Waals surface area contributed by atoms with E-state index >= 15 is 0 Å². The number of halogens is 1. The van der Waals surface area contributed by atoms with Crippen molar-refractivity contribution < 1.29 is 0 Å². The van der Waals surface area contributed by atoms with Crippen molar-refractivity contribution >= 4 is 23.1 Å². The first-order valence-electron chi connectivity index (χ1n) is 7.45. The van der Waals surface area contributed by atoms with Crippen LogP contribution in [0.3, 0.4) is 0 Å². The van der Waals surface area contributed by atoms with Crippen molar-refractivity contribution in [3.05, 3.63) is 77.4 Å². The summed E-state index contributed by atoms with van der Waals surface area (Å²) >= 11 is 6.51. The van der Waals surface area contributed by atoms with Gasteiger partial charge in [-0.05, 0) is 12.1 Å². The van der Waals surface area contributed by atoms with Gasteiger partial charge in [0.2, 0.25) is 0 Å². The van der Waals surface area contributed by atoms with Gasteiger partial charge in [0.1, 0.15) is 5.84 Å². The second kappa shape index (κ2) is 4.34. The molecule has 2 unspecified atom stereocenters. The quantitative estimate of drug-likeness (QED) is 0.702. The van der Waals surface area contributed by atoms with E-state index in [0.29, 0.717) is 0 Å². The lowest BCUT2D eigenvalue weighted by atomic mass is 9.91. The highest BCUT2D eigenvalue weighted by molar-refractivity contribution is 6.36. The van der Waals surface area contributed by atoms with Gasteiger partial charge in [0.15, 0.2) is 0 Å². The Bertz CT molecular complexity index is 879. The molecule has 0 saturated carbocycles. The smallest absolute Gasteiger partial charge is 0.137 e. The van der Waals surface area contributed by atoms with Crippen molar-refractivity contribution in [1.29, 1.82) is 0 Å². The maximum Gasteiger partial charge on any atom is 0.137 e. The highest BCUT2D eigenvalue weighted by Crippen LogP contribution is 2.46. The molecule has 2 aliphatic heterocycles. The molecule has 0 bridgehead atoms. The van der Waals surface area contributed by atoms with E-state index in [2.05, 4.69) is 59.5 Å². The van der Waals surface area contributed by atoms with E-state index in [1.165, 1.54) is 11.3 Å². The minimum atomic E-state index is 0.179. The molecule has 2 aromatic rings. The minimum absolute atomic E-state index is 0.179. The molecule has 0 spiro atoms. The van der Waals surface area contributed by atoms with Gasteiger partial charge < -0.3 is 4.90 Å². The summed E-state index contributed by atoms with van der Waals surface area (Å²) < 4.78 is 0. The Morgan fingerprint density at radius 3 is 2.68 bits per heavy atom. The van der Waals surface area contributed by atoms with Crippen LogP contribution in [0.15, 0.2) is 71.8 Å². The van der Waals surface area contributed by atoms with Crippen LogP contribution in [0.25, 0.3) is 11.1 Å². The van der Waals surface area contributed by atoms with Crippen LogP contribution in [0.1, 0.15) is 5.56 Å². The summed E-state index contributed by atoms with van der Waals surface area (Å²) in [5.74, 6) is 1.03. The largest absolute Gasteiger partial charge is 0.316 e. The number of allylic oxidation sites excluding steroid dienone is 2. The predicted octanol–water partition coefficient (Wildman–Crippen LogP) is 4.45. The van der Waals surface area contributed by atoms with Crippen molar-refractivity contribution in [2.24, 2.45) is 4.99 Å². The van der Waals surface area contributed by atoms with E-state index in [4.69, 9.17) is 16.6 Å². The van der Waals surface area contributed by atoms with Crippen LogP contribution in [0.2, 0.25) is 5.02 Å². The van der Waals surface area contributed by atoms with Crippen LogP contribution < -0.4 is 4.90 Å². The number of aliphatic imine (C=N–C) groups is 1. The Labute approximate surface area is 134 Å². The number of para-hydroxylation sites is 1. The summed E-state index contributed by atoms with van der Waals surface area (Å²) in [6, 6.07) is 15.0. The second-order valence-corrected chi connectivity index (χ2v) is 6.16. The Balaban J connectivity index is 1.85. The highest BCUT2D eigenvalue weighted by atomic mass is 35.5. The normalized spacial score (nSPS) is 23.5. The predicted molar refractivity (Wildman–Crippen MR) is 91.8 cm³/mol. The minimum Gasteiger partial charge on any atom is -0.316 e. The Morgan fingerprint density at radius 1 is 0.909 bits per heavy atom. The zero-order valence-corrected chi connectivity index (χ0v) is 12.5. The van der Waals surface area contributed by atoms with Crippen molar-refractivity contribution in [3.63, 3.8) is 0 Å². The van der Waals surface area contributed by atoms with Crippen LogP contribution in [-0.2, 0) is 0 Å². The highest BCUT2D eigenvalue weighted by Gasteiger charge is 2.40. The summed E-state index contributed by atoms with van der Waals surface area (Å²) in [4.78, 5) is 7.31. The fourth-order valence-electron chi connectivity index (χ4n) is 3.64. The topological polar surface area (TPSA) is 15.6 Å². The number of hydrogen-bond donors (Lipinski definition) is 0. The van der Waals surface area contributed by atoms with Gasteiger partial charge in [-0.25, -0.2) is 0 Å². The summed E-state index contributed by atoms with van der Waals surface area (Å²) in [5.41, 5.74) is 4.60. The molecule has 0 N–H and O–H groups in total. The molecule has 5 rings (SSSR count). The van der Waals surface area contributed by atoms with E-state index < -0.39 is 0 Å². The van der Waals surface area contributed by atoms with Gasteiger partial charge in [-0.3, -0.25) is 4.99 Å². The van der Waals surface area contributed by atoms with Crippen molar-refractivity contribution in [2.45, 2.75) is 12.1 Å². The first kappa shape index (κ1) is 12.2. The standard InChI is InChI=1S/C19H13ClN2/c20-14-8-5-7-13-18(14)12-6-1-3-10-16(12)22-17-11-4-2-9-15(17)21-19(13)22/h1-11,15,17H. The van der Waals surface area contributed by atoms with Crippen LogP contribution in [0.4, 0.5) is 5.69 Å². The van der Waals surface area contributed by atoms with Gasteiger partial charge in [0, 0.05) is 21.7 Å². The number of nitrogens with zero attached hydrogens (tertiary/aromatic N) is 2. The molecule has 0 amide bonds. The molecule has 0 saturated heterocycles. The molecule has 22 heavy (non-hydrogen) atoms. The van der Waals surface area contributed by atoms with E-state index in [-0.39, 0.29) is 12.1 Å². The first-order valence-corrected chi connectivity index (χ1v) is 7.83. The molecule has 3 heteroatoms. The fourth-order valence-corrected chi connectivity index (χ4v) is 3.92. The number of anilines is 1. The maximum atomic E-state index is 6.51. The summed E-state index contributed by atoms with van der Waals surface area (Å²) in [6.45, 7) is 0. The molecular formula is C19H13ClN2. The van der Waals surface area contributed by atoms with Crippen molar-refractivity contribution in [1.82, 2.24) is 0 Å². The number of fused-ring (bicyclic) bond motifs is 8. The van der Waals surface area contributed by atoms with Crippen molar-refractivity contribution in [2.75, 3.05) is 4.90 Å². The van der Waals surface area contributed by atoms with Gasteiger partial charge in [-0.1, -0.05) is 66.2 Å². The molecule has 2 nitrogen and oxygen atoms in total. The maximum absolute atomic E-state index is 6.51. The lowest BCUT2D eigenvalue weighted by molar-refractivity contribution is 0.739. The average molecular weight is 305 g/mol. The zero-order chi connectivity index (χ0) is 14.7. The monoisotopic (exact) mass is 304 g/mol. The zero-order valence-electron chi connectivity index (χ0n) is 11.8. The third-order valence-electron chi connectivity index (χ3n) is 4.56. The third kappa shape index (κ3) is 1.48. The lowest BCUT2D eigenvalue weighted by Crippen LogP contribution is -2.41. The average Bonchev–Trinajstić information content (AvgIpc) is 2.95. The summed E-state index contributed by atoms with van der Waals surface area (Å²) in [5, 5.41) is 0.785. The van der Waals surface area contributed by atoms with Gasteiger partial charge in [-0.15, -0.1) is 0 Å². The van der Waals surface area contributed by atoms with E-state index in [9.17, 15) is 0 Å². The van der Waals surface area contributed by atoms with Gasteiger partial charge in [-0.2, -0.15) is 0 Å². The van der Waals surface area contributed by atoms with Crippen LogP contribution in [-0.4, -0.2) is 17.9 Å². The fraction of sp³-hybridized carbons (Fsp3) is 0.105. The molecule has 0 aromatic heterocycles. The van der Waals surface area contributed by atoms with Gasteiger partial charge in [0.25, 0.3) is 0 Å². The molecule has 106 valence electrons. The van der Waals surface area contributed by atoms with Crippen molar-refractivity contribution in [3.8, 4) is 11.1 Å². The van der Waals surface area contributed by atoms with Crippen LogP contribution in [0, 0.1) is 0 Å². The number of amidine groups is 1. The Kier molecular flexibility index (Phi) is 2.42. The molecule has 0 fully saturated rings. The second-order valence-electron chi connectivity index (χ2n) is 5.75. The molecule has 1 aliphatic carbocycles. The molecule has 0 radical (unpaired) electrons. The van der Waals surface area contributed by atoms with E-state index in [0.717, 1.165) is 22.0 Å². The first-order chi connectivity index (χ1) is 10.8. The lowest BCUT2D eigenvalue weighted by Gasteiger charge is -2.35. The van der Waals surface area contributed by atoms with Crippen LogP contribution >= 0.6 is 11.6 Å². The molecule has 2 atom stereocenters. The molecule has 2 heterocycles. The van der Waals surface area contributed by atoms with E-state index in [1.807, 2.05) is 12.1 Å². The van der Waals surface area contributed by atoms with Gasteiger partial charge in [0.05, 0.1) is 17.8 Å². The number of hydrogen-bond acceptors (Lipinski definition) is 2.